The van der Waals surface area contributed by atoms with E-state index >= 15 is 0 Å². The maximum atomic E-state index is 5.13. The van der Waals surface area contributed by atoms with Crippen molar-refractivity contribution in [1.82, 2.24) is 0 Å². The van der Waals surface area contributed by atoms with Crippen molar-refractivity contribution in [2.75, 3.05) is 19.0 Å². The van der Waals surface area contributed by atoms with Crippen molar-refractivity contribution < 1.29 is 4.42 Å². The third kappa shape index (κ3) is 1.83. The van der Waals surface area contributed by atoms with Gasteiger partial charge in [-0.05, 0) is 35.7 Å². The quantitative estimate of drug-likeness (QED) is 0.669. The molecule has 2 nitrogen and oxygen atoms in total. The predicted molar refractivity (Wildman–Crippen MR) is 73.9 cm³/mol. The first-order valence-electron chi connectivity index (χ1n) is 5.47. The summed E-state index contributed by atoms with van der Waals surface area (Å²) in [5, 5.41) is 1.29. The summed E-state index contributed by atoms with van der Waals surface area (Å²) >= 11 is 1.80. The van der Waals surface area contributed by atoms with E-state index in [1.807, 2.05) is 6.07 Å². The molecule has 0 spiro atoms. The van der Waals surface area contributed by atoms with E-state index in [4.69, 9.17) is 4.42 Å². The predicted octanol–water partition coefficient (Wildman–Crippen LogP) is 4.23. The zero-order valence-corrected chi connectivity index (χ0v) is 10.6. The molecule has 0 aliphatic rings. The van der Waals surface area contributed by atoms with Crippen LogP contribution in [0.1, 0.15) is 0 Å². The van der Waals surface area contributed by atoms with E-state index in [0.717, 1.165) is 5.56 Å². The maximum Gasteiger partial charge on any atom is 0.0989 e. The molecule has 0 N–H and O–H groups in total. The van der Waals surface area contributed by atoms with E-state index in [1.54, 1.807) is 23.9 Å². The van der Waals surface area contributed by atoms with Crippen molar-refractivity contribution >= 4 is 27.1 Å². The summed E-state index contributed by atoms with van der Waals surface area (Å²) in [7, 11) is 4.12. The maximum absolute atomic E-state index is 5.13. The van der Waals surface area contributed by atoms with Gasteiger partial charge in [-0.2, -0.15) is 0 Å². The van der Waals surface area contributed by atoms with Crippen molar-refractivity contribution in [2.45, 2.75) is 0 Å². The van der Waals surface area contributed by atoms with Crippen LogP contribution in [0.2, 0.25) is 0 Å². The van der Waals surface area contributed by atoms with E-state index in [-0.39, 0.29) is 0 Å². The fourth-order valence-corrected chi connectivity index (χ4v) is 2.88. The van der Waals surface area contributed by atoms with Crippen molar-refractivity contribution in [3.05, 3.63) is 42.9 Å². The largest absolute Gasteiger partial charge is 0.472 e. The Balaban J connectivity index is 2.13. The molecule has 1 aromatic carbocycles. The molecular formula is C14H13NOS. The number of thiophene rings is 1. The van der Waals surface area contributed by atoms with Gasteiger partial charge < -0.3 is 9.32 Å². The van der Waals surface area contributed by atoms with Gasteiger partial charge in [-0.25, -0.2) is 0 Å². The molecule has 0 amide bonds. The molecule has 0 saturated heterocycles. The zero-order valence-electron chi connectivity index (χ0n) is 9.81. The lowest BCUT2D eigenvalue weighted by molar-refractivity contribution is 0.568. The molecule has 3 aromatic rings. The first-order chi connectivity index (χ1) is 8.24. The molecule has 0 atom stereocenters. The minimum absolute atomic E-state index is 1.15. The topological polar surface area (TPSA) is 16.4 Å². The van der Waals surface area contributed by atoms with Crippen LogP contribution in [0, 0.1) is 0 Å². The smallest absolute Gasteiger partial charge is 0.0989 e. The molecule has 17 heavy (non-hydrogen) atoms. The SMILES string of the molecule is CN(C)c1ccc2sc(-c3ccoc3)cc2c1. The van der Waals surface area contributed by atoms with E-state index in [0.29, 0.717) is 0 Å². The fourth-order valence-electron chi connectivity index (χ4n) is 1.86. The molecule has 86 valence electrons. The van der Waals surface area contributed by atoms with Crippen LogP contribution in [0.15, 0.2) is 47.3 Å². The van der Waals surface area contributed by atoms with Gasteiger partial charge in [0.15, 0.2) is 0 Å². The lowest BCUT2D eigenvalue weighted by Gasteiger charge is -2.11. The van der Waals surface area contributed by atoms with Crippen molar-refractivity contribution in [2.24, 2.45) is 0 Å². The first-order valence-corrected chi connectivity index (χ1v) is 6.29. The Bertz CT molecular complexity index is 637. The molecule has 0 radical (unpaired) electrons. The molecule has 0 aliphatic carbocycles. The average Bonchev–Trinajstić information content (AvgIpc) is 2.96. The van der Waals surface area contributed by atoms with E-state index < -0.39 is 0 Å². The standard InChI is InChI=1S/C14H13NOS/c1-15(2)12-3-4-13-11(7-12)8-14(17-13)10-5-6-16-9-10/h3-9H,1-2H3. The van der Waals surface area contributed by atoms with E-state index in [1.165, 1.54) is 20.7 Å². The van der Waals surface area contributed by atoms with Gasteiger partial charge in [0.05, 0.1) is 12.5 Å². The van der Waals surface area contributed by atoms with Gasteiger partial charge in [0.2, 0.25) is 0 Å². The number of anilines is 1. The van der Waals surface area contributed by atoms with Crippen LogP contribution >= 0.6 is 11.3 Å². The van der Waals surface area contributed by atoms with Gasteiger partial charge in [0.1, 0.15) is 0 Å². The lowest BCUT2D eigenvalue weighted by atomic mass is 10.2. The molecule has 0 aliphatic heterocycles. The number of rotatable bonds is 2. The summed E-state index contributed by atoms with van der Waals surface area (Å²) < 4.78 is 6.44. The molecule has 0 saturated carbocycles. The van der Waals surface area contributed by atoms with Crippen LogP contribution in [0.5, 0.6) is 0 Å². The highest BCUT2D eigenvalue weighted by Gasteiger charge is 2.06. The van der Waals surface area contributed by atoms with Crippen LogP contribution in [0.3, 0.4) is 0 Å². The summed E-state index contributed by atoms with van der Waals surface area (Å²) in [4.78, 5) is 3.37. The van der Waals surface area contributed by atoms with Gasteiger partial charge in [-0.3, -0.25) is 0 Å². The number of nitrogens with zero attached hydrogens (tertiary/aromatic N) is 1. The average molecular weight is 243 g/mol. The molecule has 0 bridgehead atoms. The summed E-state index contributed by atoms with van der Waals surface area (Å²) in [6.07, 6.45) is 3.50. The Morgan fingerprint density at radius 2 is 2.00 bits per heavy atom. The molecule has 2 heterocycles. The Morgan fingerprint density at radius 3 is 2.71 bits per heavy atom. The van der Waals surface area contributed by atoms with Gasteiger partial charge in [0, 0.05) is 34.9 Å². The summed E-state index contributed by atoms with van der Waals surface area (Å²) in [5.41, 5.74) is 2.38. The van der Waals surface area contributed by atoms with E-state index in [2.05, 4.69) is 43.3 Å². The fraction of sp³-hybridized carbons (Fsp3) is 0.143. The van der Waals surface area contributed by atoms with Crippen LogP contribution in [-0.4, -0.2) is 14.1 Å². The minimum atomic E-state index is 1.15. The Labute approximate surface area is 104 Å². The molecule has 3 heteroatoms. The number of hydrogen-bond donors (Lipinski definition) is 0. The second kappa shape index (κ2) is 3.93. The number of fused-ring (bicyclic) bond motifs is 1. The molecule has 0 fully saturated rings. The van der Waals surface area contributed by atoms with Crippen LogP contribution in [0.25, 0.3) is 20.5 Å². The third-order valence-corrected chi connectivity index (χ3v) is 3.99. The molecule has 0 unspecified atom stereocenters. The van der Waals surface area contributed by atoms with Crippen molar-refractivity contribution in [3.63, 3.8) is 0 Å². The summed E-state index contributed by atoms with van der Waals surface area (Å²) in [6.45, 7) is 0. The van der Waals surface area contributed by atoms with Gasteiger partial charge in [-0.1, -0.05) is 0 Å². The lowest BCUT2D eigenvalue weighted by Crippen LogP contribution is -2.07. The van der Waals surface area contributed by atoms with Crippen LogP contribution in [-0.2, 0) is 0 Å². The first kappa shape index (κ1) is 10.4. The monoisotopic (exact) mass is 243 g/mol. The Hall–Kier alpha value is -1.74. The highest BCUT2D eigenvalue weighted by molar-refractivity contribution is 7.22. The van der Waals surface area contributed by atoms with Gasteiger partial charge >= 0.3 is 0 Å². The zero-order chi connectivity index (χ0) is 11.8. The van der Waals surface area contributed by atoms with Crippen LogP contribution < -0.4 is 4.90 Å². The highest BCUT2D eigenvalue weighted by Crippen LogP contribution is 2.35. The second-order valence-corrected chi connectivity index (χ2v) is 5.32. The normalized spacial score (nSPS) is 10.9. The van der Waals surface area contributed by atoms with Crippen molar-refractivity contribution in [3.8, 4) is 10.4 Å². The summed E-state index contributed by atoms with van der Waals surface area (Å²) in [5.74, 6) is 0. The summed E-state index contributed by atoms with van der Waals surface area (Å²) in [6, 6.07) is 10.8. The van der Waals surface area contributed by atoms with Crippen LogP contribution in [0.4, 0.5) is 5.69 Å². The Kier molecular flexibility index (Phi) is 2.41. The van der Waals surface area contributed by atoms with E-state index in [9.17, 15) is 0 Å². The third-order valence-electron chi connectivity index (χ3n) is 2.82. The minimum Gasteiger partial charge on any atom is -0.472 e. The number of benzene rings is 1. The number of furan rings is 1. The highest BCUT2D eigenvalue weighted by atomic mass is 32.1. The second-order valence-electron chi connectivity index (χ2n) is 4.24. The molecular weight excluding hydrogens is 230 g/mol. The molecule has 2 aromatic heterocycles. The van der Waals surface area contributed by atoms with Gasteiger partial charge in [-0.15, -0.1) is 11.3 Å². The van der Waals surface area contributed by atoms with Crippen molar-refractivity contribution in [1.29, 1.82) is 0 Å². The van der Waals surface area contributed by atoms with Gasteiger partial charge in [0.25, 0.3) is 0 Å². The Morgan fingerprint density at radius 1 is 1.12 bits per heavy atom. The molecule has 3 rings (SSSR count). The number of hydrogen-bond acceptors (Lipinski definition) is 3.